The van der Waals surface area contributed by atoms with Gasteiger partial charge in [-0.15, -0.1) is 0 Å². The van der Waals surface area contributed by atoms with E-state index in [-0.39, 0.29) is 5.46 Å². The molecule has 1 rings (SSSR count). The van der Waals surface area contributed by atoms with Crippen LogP contribution in [0.15, 0.2) is 18.2 Å². The Kier molecular flexibility index (Phi) is 1.20. The normalized spacial score (nSPS) is 22.0. The van der Waals surface area contributed by atoms with Gasteiger partial charge in [0.2, 0.25) is 0 Å². The molecule has 0 aliphatic heterocycles. The second-order valence-corrected chi connectivity index (χ2v) is 2.36. The lowest BCUT2D eigenvalue weighted by atomic mass is 9.79. The molecule has 0 spiro atoms. The Morgan fingerprint density at radius 2 is 2.46 bits per heavy atom. The molecule has 3 nitrogen and oxygen atoms in total. The van der Waals surface area contributed by atoms with Gasteiger partial charge in [0.05, 0.1) is 11.2 Å². The minimum absolute atomic E-state index is 0.184. The van der Waals surface area contributed by atoms with Crippen LogP contribution in [0.2, 0.25) is 0 Å². The van der Waals surface area contributed by atoms with Crippen molar-refractivity contribution in [2.24, 2.45) is 0 Å². The Morgan fingerprint density at radius 1 is 1.62 bits per heavy atom. The molecule has 2 N–H and O–H groups in total. The van der Waals surface area contributed by atoms with Gasteiger partial charge >= 0.3 is 7.12 Å². The molecule has 13 heavy (non-hydrogen) atoms. The molecule has 0 bridgehead atoms. The van der Waals surface area contributed by atoms with Gasteiger partial charge in [0.25, 0.3) is 0 Å². The van der Waals surface area contributed by atoms with E-state index in [0.29, 0.717) is 0 Å². The molecule has 1 aromatic rings. The van der Waals surface area contributed by atoms with Crippen molar-refractivity contribution in [1.82, 2.24) is 0 Å². The van der Waals surface area contributed by atoms with Gasteiger partial charge in [0, 0.05) is 6.85 Å². The lowest BCUT2D eigenvalue weighted by Crippen LogP contribution is -2.29. The highest BCUT2D eigenvalue weighted by atomic mass is 16.5. The summed E-state index contributed by atoms with van der Waals surface area (Å²) in [4.78, 5) is 0. The quantitative estimate of drug-likeness (QED) is 0.653. The number of aryl methyl sites for hydroxylation is 1. The summed E-state index contributed by atoms with van der Waals surface area (Å²) in [6.07, 6.45) is -2.93. The van der Waals surface area contributed by atoms with Crippen molar-refractivity contribution in [2.75, 3.05) is 7.04 Å². The predicted molar refractivity (Wildman–Crippen MR) is 52.2 cm³/mol. The third kappa shape index (κ3) is 2.23. The van der Waals surface area contributed by atoms with Crippen molar-refractivity contribution in [1.29, 1.82) is 0 Å². The average molecular weight is 188 g/mol. The van der Waals surface area contributed by atoms with Gasteiger partial charge in [-0.25, -0.2) is 0 Å². The van der Waals surface area contributed by atoms with Crippen LogP contribution < -0.4 is 10.2 Å². The van der Waals surface area contributed by atoms with Gasteiger partial charge in [-0.05, 0) is 23.5 Å². The predicted octanol–water partition coefficient (Wildman–Crippen LogP) is -0.0626. The molecule has 4 heteroatoms. The molecule has 0 saturated carbocycles. The van der Waals surface area contributed by atoms with Crippen LogP contribution in [0.4, 0.5) is 0 Å². The monoisotopic (exact) mass is 188 g/mol. The zero-order chi connectivity index (χ0) is 16.6. The van der Waals surface area contributed by atoms with Crippen molar-refractivity contribution in [3.63, 3.8) is 0 Å². The standard InChI is InChI=1S/C9H13BO3/c1-3-7-6-8(10(11)12)4-5-9(7)13-2/h4-6,11-12H,3H2,1-2H3/i1D3,2D3,3D2. The Bertz CT molecular complexity index is 511. The van der Waals surface area contributed by atoms with Gasteiger partial charge in [0.1, 0.15) is 5.75 Å². The zero-order valence-electron chi connectivity index (χ0n) is 14.6. The van der Waals surface area contributed by atoms with Crippen molar-refractivity contribution in [2.45, 2.75) is 13.2 Å². The van der Waals surface area contributed by atoms with Crippen molar-refractivity contribution < 1.29 is 25.8 Å². The van der Waals surface area contributed by atoms with Crippen LogP contribution in [0.3, 0.4) is 0 Å². The van der Waals surface area contributed by atoms with Gasteiger partial charge in [-0.1, -0.05) is 19.0 Å². The molecule has 0 aliphatic rings. The maximum absolute atomic E-state index is 9.08. The van der Waals surface area contributed by atoms with Crippen LogP contribution in [0, 0.1) is 0 Å². The highest BCUT2D eigenvalue weighted by Crippen LogP contribution is 2.16. The first-order chi connectivity index (χ1) is 9.25. The van der Waals surface area contributed by atoms with Crippen LogP contribution in [0.25, 0.3) is 0 Å². The van der Waals surface area contributed by atoms with E-state index in [0.717, 1.165) is 18.2 Å². The second kappa shape index (κ2) is 4.30. The number of methoxy groups -OCH3 is 1. The van der Waals surface area contributed by atoms with Crippen LogP contribution in [-0.2, 0) is 6.37 Å². The number of hydrogen-bond donors (Lipinski definition) is 2. The molecule has 0 unspecified atom stereocenters. The number of rotatable bonds is 3. The minimum atomic E-state index is -3.10. The molecule has 0 aliphatic carbocycles. The summed E-state index contributed by atoms with van der Waals surface area (Å²) in [5, 5.41) is 18.2. The Morgan fingerprint density at radius 3 is 3.08 bits per heavy atom. The van der Waals surface area contributed by atoms with Crippen LogP contribution in [-0.4, -0.2) is 24.2 Å². The van der Waals surface area contributed by atoms with E-state index in [1.165, 1.54) is 0 Å². The summed E-state index contributed by atoms with van der Waals surface area (Å²) >= 11 is 0. The summed E-state index contributed by atoms with van der Waals surface area (Å²) in [6, 6.07) is 2.95. The fraction of sp³-hybridized carbons (Fsp3) is 0.333. The van der Waals surface area contributed by atoms with Crippen LogP contribution >= 0.6 is 0 Å². The van der Waals surface area contributed by atoms with E-state index in [1.807, 2.05) is 0 Å². The van der Waals surface area contributed by atoms with Crippen molar-refractivity contribution in [3.8, 4) is 5.75 Å². The third-order valence-corrected chi connectivity index (χ3v) is 1.55. The molecule has 0 saturated heterocycles. The van der Waals surface area contributed by atoms with Gasteiger partial charge in [-0.2, -0.15) is 0 Å². The van der Waals surface area contributed by atoms with Gasteiger partial charge < -0.3 is 14.8 Å². The second-order valence-electron chi connectivity index (χ2n) is 2.36. The summed E-state index contributed by atoms with van der Waals surface area (Å²) in [5.41, 5.74) is -0.778. The largest absolute Gasteiger partial charge is 0.496 e. The SMILES string of the molecule is [2H]C([2H])([2H])Oc1ccc(B(O)O)cc1C([2H])([2H])C([2H])([2H])[2H]. The first-order valence-corrected chi connectivity index (χ1v) is 3.45. The van der Waals surface area contributed by atoms with Gasteiger partial charge in [-0.3, -0.25) is 0 Å². The smallest absolute Gasteiger partial charge is 0.488 e. The highest BCUT2D eigenvalue weighted by Gasteiger charge is 2.12. The lowest BCUT2D eigenvalue weighted by molar-refractivity contribution is 0.409. The summed E-state index contributed by atoms with van der Waals surface area (Å²) < 4.78 is 62.6. The molecule has 70 valence electrons. The van der Waals surface area contributed by atoms with E-state index < -0.39 is 38.7 Å². The molecule has 1 aromatic carbocycles. The number of hydrogen-bond acceptors (Lipinski definition) is 3. The van der Waals surface area contributed by atoms with E-state index in [2.05, 4.69) is 4.74 Å². The third-order valence-electron chi connectivity index (χ3n) is 1.55. The Hall–Kier alpha value is -0.995. The fourth-order valence-electron chi connectivity index (χ4n) is 0.895. The molecule has 0 heterocycles. The van der Waals surface area contributed by atoms with Gasteiger partial charge in [0.15, 0.2) is 0 Å². The van der Waals surface area contributed by atoms with E-state index in [4.69, 9.17) is 21.0 Å². The first-order valence-electron chi connectivity index (χ1n) is 7.45. The molecular formula is C9H13BO3. The van der Waals surface area contributed by atoms with Crippen molar-refractivity contribution in [3.05, 3.63) is 23.8 Å². The average Bonchev–Trinajstić information content (AvgIpc) is 2.25. The van der Waals surface area contributed by atoms with Crippen LogP contribution in [0.5, 0.6) is 5.75 Å². The molecule has 0 amide bonds. The number of ether oxygens (including phenoxy) is 1. The molecular weight excluding hydrogens is 167 g/mol. The fourth-order valence-corrected chi connectivity index (χ4v) is 0.895. The number of benzene rings is 1. The lowest BCUT2D eigenvalue weighted by Gasteiger charge is -2.08. The molecule has 0 atom stereocenters. The summed E-state index contributed by atoms with van der Waals surface area (Å²) in [7, 11) is -4.86. The van der Waals surface area contributed by atoms with E-state index >= 15 is 0 Å². The highest BCUT2D eigenvalue weighted by molar-refractivity contribution is 6.58. The molecule has 0 radical (unpaired) electrons. The summed E-state index contributed by atoms with van der Waals surface area (Å²) in [6.45, 7) is -3.10. The van der Waals surface area contributed by atoms with E-state index in [9.17, 15) is 0 Å². The minimum Gasteiger partial charge on any atom is -0.496 e. The van der Waals surface area contributed by atoms with Crippen LogP contribution in [0.1, 0.15) is 23.4 Å². The maximum Gasteiger partial charge on any atom is 0.488 e. The Balaban J connectivity index is 3.47. The first kappa shape index (κ1) is 3.63. The topological polar surface area (TPSA) is 49.7 Å². The molecule has 0 fully saturated rings. The maximum atomic E-state index is 9.08. The van der Waals surface area contributed by atoms with Crippen molar-refractivity contribution >= 4 is 12.6 Å². The Labute approximate surface area is 89.4 Å². The summed E-state index contributed by atoms with van der Waals surface area (Å²) in [5.74, 6) is -0.500. The van der Waals surface area contributed by atoms with E-state index in [1.54, 1.807) is 0 Å². The zero-order valence-corrected chi connectivity index (χ0v) is 6.61. The molecule has 0 aromatic heterocycles.